The molecule has 0 aromatic heterocycles. The summed E-state index contributed by atoms with van der Waals surface area (Å²) in [7, 11) is 0. The van der Waals surface area contributed by atoms with Crippen LogP contribution in [0.2, 0.25) is 0 Å². The highest BCUT2D eigenvalue weighted by Crippen LogP contribution is 2.40. The SMILES string of the molecule is Cc1cc(C(O)=C2C(=O)C(=O)N(CCCN3CCOCC3)[C@@H]2c2cccc(Br)c2)ccc1OCc1ccccc1. The molecular weight excluding hydrogens is 572 g/mol. The van der Waals surface area contributed by atoms with Crippen molar-refractivity contribution in [3.8, 4) is 5.75 Å². The van der Waals surface area contributed by atoms with Gasteiger partial charge in [-0.25, -0.2) is 0 Å². The van der Waals surface area contributed by atoms with Gasteiger partial charge in [-0.05, 0) is 60.4 Å². The fourth-order valence-corrected chi connectivity index (χ4v) is 5.69. The van der Waals surface area contributed by atoms with Crippen molar-refractivity contribution in [3.05, 3.63) is 105 Å². The fraction of sp³-hybridized carbons (Fsp3) is 0.312. The number of carbonyl (C=O) groups excluding carboxylic acids is 2. The molecule has 1 amide bonds. The zero-order valence-electron chi connectivity index (χ0n) is 22.5. The van der Waals surface area contributed by atoms with Gasteiger partial charge in [-0.15, -0.1) is 0 Å². The van der Waals surface area contributed by atoms with E-state index in [1.54, 1.807) is 23.1 Å². The van der Waals surface area contributed by atoms with Crippen molar-refractivity contribution in [1.82, 2.24) is 9.80 Å². The molecule has 0 aliphatic carbocycles. The van der Waals surface area contributed by atoms with Crippen LogP contribution in [0.15, 0.2) is 82.8 Å². The average molecular weight is 606 g/mol. The van der Waals surface area contributed by atoms with Crippen molar-refractivity contribution >= 4 is 33.4 Å². The number of likely N-dealkylation sites (tertiary alicyclic amines) is 1. The largest absolute Gasteiger partial charge is 0.507 e. The van der Waals surface area contributed by atoms with Crippen molar-refractivity contribution in [3.63, 3.8) is 0 Å². The molecule has 5 rings (SSSR count). The summed E-state index contributed by atoms with van der Waals surface area (Å²) in [6, 6.07) is 22.1. The maximum atomic E-state index is 13.4. The number of Topliss-reactive ketones (excluding diaryl/α,β-unsaturated/α-hetero) is 1. The molecule has 0 bridgehead atoms. The van der Waals surface area contributed by atoms with E-state index in [2.05, 4.69) is 20.8 Å². The fourth-order valence-electron chi connectivity index (χ4n) is 5.27. The van der Waals surface area contributed by atoms with Gasteiger partial charge in [0.25, 0.3) is 11.7 Å². The summed E-state index contributed by atoms with van der Waals surface area (Å²) in [6.45, 7) is 6.66. The van der Waals surface area contributed by atoms with E-state index >= 15 is 0 Å². The van der Waals surface area contributed by atoms with Gasteiger partial charge in [0.2, 0.25) is 0 Å². The smallest absolute Gasteiger partial charge is 0.295 e. The minimum atomic E-state index is -0.684. The van der Waals surface area contributed by atoms with Crippen LogP contribution in [-0.4, -0.2) is 66.0 Å². The molecule has 1 N–H and O–H groups in total. The topological polar surface area (TPSA) is 79.3 Å². The molecule has 1 atom stereocenters. The Morgan fingerprint density at radius 1 is 1.00 bits per heavy atom. The van der Waals surface area contributed by atoms with Crippen molar-refractivity contribution in [2.45, 2.75) is 26.0 Å². The van der Waals surface area contributed by atoms with Crippen LogP contribution >= 0.6 is 15.9 Å². The van der Waals surface area contributed by atoms with E-state index in [1.807, 2.05) is 61.5 Å². The van der Waals surface area contributed by atoms with E-state index in [0.717, 1.165) is 40.8 Å². The van der Waals surface area contributed by atoms with Crippen LogP contribution in [0.3, 0.4) is 0 Å². The number of aliphatic hydroxyl groups excluding tert-OH is 1. The molecule has 2 aliphatic heterocycles. The number of hydrogen-bond donors (Lipinski definition) is 1. The molecule has 208 valence electrons. The maximum Gasteiger partial charge on any atom is 0.295 e. The van der Waals surface area contributed by atoms with Gasteiger partial charge in [0.1, 0.15) is 18.1 Å². The molecule has 0 saturated carbocycles. The molecule has 3 aromatic rings. The Morgan fingerprint density at radius 3 is 2.50 bits per heavy atom. The Morgan fingerprint density at radius 2 is 1.77 bits per heavy atom. The van der Waals surface area contributed by atoms with E-state index in [4.69, 9.17) is 9.47 Å². The first-order valence-electron chi connectivity index (χ1n) is 13.5. The lowest BCUT2D eigenvalue weighted by Crippen LogP contribution is -2.38. The average Bonchev–Trinajstić information content (AvgIpc) is 3.22. The van der Waals surface area contributed by atoms with E-state index in [0.29, 0.717) is 44.1 Å². The Hall–Kier alpha value is -3.46. The van der Waals surface area contributed by atoms with Crippen LogP contribution in [0.4, 0.5) is 0 Å². The molecule has 2 heterocycles. The van der Waals surface area contributed by atoms with E-state index in [9.17, 15) is 14.7 Å². The second kappa shape index (κ2) is 12.8. The number of aryl methyl sites for hydroxylation is 1. The molecule has 2 aliphatic rings. The lowest BCUT2D eigenvalue weighted by molar-refractivity contribution is -0.140. The summed E-state index contributed by atoms with van der Waals surface area (Å²) in [5.41, 5.74) is 3.21. The van der Waals surface area contributed by atoms with Gasteiger partial charge in [0.05, 0.1) is 24.8 Å². The van der Waals surface area contributed by atoms with Crippen LogP contribution in [-0.2, 0) is 20.9 Å². The highest BCUT2D eigenvalue weighted by molar-refractivity contribution is 9.10. The molecule has 40 heavy (non-hydrogen) atoms. The predicted molar refractivity (Wildman–Crippen MR) is 157 cm³/mol. The van der Waals surface area contributed by atoms with Crippen LogP contribution in [0.5, 0.6) is 5.75 Å². The molecule has 0 spiro atoms. The first kappa shape index (κ1) is 28.1. The second-order valence-corrected chi connectivity index (χ2v) is 11.0. The van der Waals surface area contributed by atoms with E-state index in [-0.39, 0.29) is 11.3 Å². The van der Waals surface area contributed by atoms with Crippen molar-refractivity contribution in [1.29, 1.82) is 0 Å². The summed E-state index contributed by atoms with van der Waals surface area (Å²) in [5, 5.41) is 11.5. The lowest BCUT2D eigenvalue weighted by Gasteiger charge is -2.29. The molecule has 0 radical (unpaired) electrons. The van der Waals surface area contributed by atoms with Crippen molar-refractivity contribution in [2.24, 2.45) is 0 Å². The van der Waals surface area contributed by atoms with Crippen molar-refractivity contribution in [2.75, 3.05) is 39.4 Å². The molecule has 2 fully saturated rings. The molecule has 8 heteroatoms. The van der Waals surface area contributed by atoms with Gasteiger partial charge < -0.3 is 19.5 Å². The zero-order valence-corrected chi connectivity index (χ0v) is 24.1. The Labute approximate surface area is 243 Å². The summed E-state index contributed by atoms with van der Waals surface area (Å²) < 4.78 is 12.3. The number of hydrogen-bond acceptors (Lipinski definition) is 6. The van der Waals surface area contributed by atoms with Crippen molar-refractivity contribution < 1.29 is 24.2 Å². The number of rotatable bonds is 9. The highest BCUT2D eigenvalue weighted by atomic mass is 79.9. The number of amides is 1. The standard InChI is InChI=1S/C32H33BrN2O5/c1-22-19-25(11-12-27(22)40-21-23-7-3-2-4-8-23)30(36)28-29(24-9-5-10-26(33)20-24)35(32(38)31(28)37)14-6-13-34-15-17-39-18-16-34/h2-5,7-12,19-20,29,36H,6,13-18,21H2,1H3/t29-/m1/s1. The number of ketones is 1. The van der Waals surface area contributed by atoms with Crippen LogP contribution in [0.1, 0.15) is 34.7 Å². The van der Waals surface area contributed by atoms with Gasteiger partial charge in [-0.2, -0.15) is 0 Å². The van der Waals surface area contributed by atoms with Gasteiger partial charge >= 0.3 is 0 Å². The summed E-state index contributed by atoms with van der Waals surface area (Å²) in [4.78, 5) is 30.6. The Bertz CT molecular complexity index is 1400. The normalized spacial score (nSPS) is 19.2. The van der Waals surface area contributed by atoms with Crippen LogP contribution in [0.25, 0.3) is 5.76 Å². The minimum absolute atomic E-state index is 0.104. The molecule has 3 aromatic carbocycles. The molecule has 2 saturated heterocycles. The highest BCUT2D eigenvalue weighted by Gasteiger charge is 2.45. The van der Waals surface area contributed by atoms with E-state index in [1.165, 1.54) is 0 Å². The quantitative estimate of drug-likeness (QED) is 0.198. The third kappa shape index (κ3) is 6.30. The maximum absolute atomic E-state index is 13.4. The van der Waals surface area contributed by atoms with Gasteiger partial charge in [-0.1, -0.05) is 58.4 Å². The first-order chi connectivity index (χ1) is 19.4. The molecule has 0 unspecified atom stereocenters. The summed E-state index contributed by atoms with van der Waals surface area (Å²) in [5.74, 6) is -0.756. The first-order valence-corrected chi connectivity index (χ1v) is 14.3. The third-order valence-electron chi connectivity index (χ3n) is 7.37. The van der Waals surface area contributed by atoms with Crippen LogP contribution in [0, 0.1) is 6.92 Å². The van der Waals surface area contributed by atoms with Gasteiger partial charge in [0, 0.05) is 36.2 Å². The van der Waals surface area contributed by atoms with Gasteiger partial charge in [-0.3, -0.25) is 14.5 Å². The number of halogens is 1. The van der Waals surface area contributed by atoms with E-state index < -0.39 is 17.7 Å². The number of carbonyl (C=O) groups is 2. The number of aliphatic hydroxyl groups is 1. The molecular formula is C32H33BrN2O5. The second-order valence-electron chi connectivity index (χ2n) is 10.1. The number of nitrogens with zero attached hydrogens (tertiary/aromatic N) is 2. The lowest BCUT2D eigenvalue weighted by atomic mass is 9.94. The summed E-state index contributed by atoms with van der Waals surface area (Å²) >= 11 is 3.52. The Kier molecular flexibility index (Phi) is 8.99. The molecule has 7 nitrogen and oxygen atoms in total. The predicted octanol–water partition coefficient (Wildman–Crippen LogP) is 5.48. The van der Waals surface area contributed by atoms with Gasteiger partial charge in [0.15, 0.2) is 0 Å². The summed E-state index contributed by atoms with van der Waals surface area (Å²) in [6.07, 6.45) is 0.712. The van der Waals surface area contributed by atoms with Crippen LogP contribution < -0.4 is 4.74 Å². The number of benzene rings is 3. The monoisotopic (exact) mass is 604 g/mol. The minimum Gasteiger partial charge on any atom is -0.507 e. The third-order valence-corrected chi connectivity index (χ3v) is 7.86. The Balaban J connectivity index is 1.42. The zero-order chi connectivity index (χ0) is 28.1. The number of ether oxygens (including phenoxy) is 2. The number of morpholine rings is 1.